The molecule has 108 valence electrons. The van der Waals surface area contributed by atoms with Crippen LogP contribution in [-0.2, 0) is 14.9 Å². The maximum absolute atomic E-state index is 11.9. The van der Waals surface area contributed by atoms with Crippen molar-refractivity contribution in [2.75, 3.05) is 39.8 Å². The van der Waals surface area contributed by atoms with Crippen molar-refractivity contribution in [1.82, 2.24) is 14.3 Å². The summed E-state index contributed by atoms with van der Waals surface area (Å²) in [5.74, 6) is 0. The highest BCUT2D eigenvalue weighted by Crippen LogP contribution is 2.11. The zero-order valence-electron chi connectivity index (χ0n) is 11.3. The first-order chi connectivity index (χ1) is 8.56. The van der Waals surface area contributed by atoms with Crippen LogP contribution in [-0.4, -0.2) is 58.7 Å². The molecule has 0 bridgehead atoms. The van der Waals surface area contributed by atoms with Crippen LogP contribution in [0.25, 0.3) is 0 Å². The average molecular weight is 279 g/mol. The third-order valence-corrected chi connectivity index (χ3v) is 4.54. The predicted octanol–water partition coefficient (Wildman–Crippen LogP) is -0.0688. The molecule has 0 amide bonds. The highest BCUT2D eigenvalue weighted by atomic mass is 32.2. The molecule has 1 heterocycles. The van der Waals surface area contributed by atoms with Gasteiger partial charge in [0.1, 0.15) is 0 Å². The molecule has 18 heavy (non-hydrogen) atoms. The summed E-state index contributed by atoms with van der Waals surface area (Å²) in [6.07, 6.45) is 2.80. The molecule has 7 heteroatoms. The summed E-state index contributed by atoms with van der Waals surface area (Å²) < 4.78 is 33.1. The van der Waals surface area contributed by atoms with Crippen LogP contribution in [0.3, 0.4) is 0 Å². The summed E-state index contributed by atoms with van der Waals surface area (Å²) in [6.45, 7) is 5.41. The van der Waals surface area contributed by atoms with Crippen LogP contribution < -0.4 is 10.0 Å². The Morgan fingerprint density at radius 2 is 2.22 bits per heavy atom. The lowest BCUT2D eigenvalue weighted by atomic mass is 10.2. The molecule has 1 rings (SSSR count). The van der Waals surface area contributed by atoms with Gasteiger partial charge in [0, 0.05) is 26.7 Å². The molecule has 0 aliphatic carbocycles. The van der Waals surface area contributed by atoms with Gasteiger partial charge in [0.15, 0.2) is 0 Å². The molecule has 1 aliphatic heterocycles. The van der Waals surface area contributed by atoms with Crippen LogP contribution in [0.15, 0.2) is 0 Å². The summed E-state index contributed by atoms with van der Waals surface area (Å²) in [4.78, 5) is 0. The fourth-order valence-electron chi connectivity index (χ4n) is 1.84. The molecule has 0 aromatic rings. The van der Waals surface area contributed by atoms with Gasteiger partial charge in [-0.25, -0.2) is 0 Å². The maximum Gasteiger partial charge on any atom is 0.279 e. The van der Waals surface area contributed by atoms with E-state index in [1.165, 1.54) is 4.31 Å². The average Bonchev–Trinajstić information content (AvgIpc) is 2.85. The van der Waals surface area contributed by atoms with Crippen molar-refractivity contribution in [3.63, 3.8) is 0 Å². The second-order valence-corrected chi connectivity index (χ2v) is 6.38. The Hall–Kier alpha value is -0.210. The summed E-state index contributed by atoms with van der Waals surface area (Å²) in [5.41, 5.74) is 0. The van der Waals surface area contributed by atoms with E-state index in [1.54, 1.807) is 7.05 Å². The van der Waals surface area contributed by atoms with Gasteiger partial charge in [0.05, 0.1) is 6.10 Å². The Morgan fingerprint density at radius 3 is 2.83 bits per heavy atom. The highest BCUT2D eigenvalue weighted by molar-refractivity contribution is 7.87. The second-order valence-electron chi connectivity index (χ2n) is 4.52. The fraction of sp³-hybridized carbons (Fsp3) is 1.00. The molecule has 1 saturated heterocycles. The SMILES string of the molecule is CCNCCCN(C)S(=O)(=O)NCC1CCCO1. The number of hydrogen-bond donors (Lipinski definition) is 2. The monoisotopic (exact) mass is 279 g/mol. The minimum Gasteiger partial charge on any atom is -0.377 e. The second kappa shape index (κ2) is 8.06. The third kappa shape index (κ3) is 5.62. The smallest absolute Gasteiger partial charge is 0.279 e. The van der Waals surface area contributed by atoms with E-state index >= 15 is 0 Å². The first-order valence-electron chi connectivity index (χ1n) is 6.59. The lowest BCUT2D eigenvalue weighted by molar-refractivity contribution is 0.114. The summed E-state index contributed by atoms with van der Waals surface area (Å²) in [7, 11) is -1.76. The molecule has 0 spiro atoms. The molecule has 6 nitrogen and oxygen atoms in total. The first kappa shape index (κ1) is 15.8. The molecule has 1 atom stereocenters. The van der Waals surface area contributed by atoms with Gasteiger partial charge >= 0.3 is 0 Å². The van der Waals surface area contributed by atoms with Crippen molar-refractivity contribution in [3.05, 3.63) is 0 Å². The number of nitrogens with zero attached hydrogens (tertiary/aromatic N) is 1. The van der Waals surface area contributed by atoms with Gasteiger partial charge in [0.2, 0.25) is 0 Å². The molecule has 1 aliphatic rings. The zero-order valence-corrected chi connectivity index (χ0v) is 12.1. The topological polar surface area (TPSA) is 70.7 Å². The van der Waals surface area contributed by atoms with E-state index in [0.717, 1.165) is 39.0 Å². The van der Waals surface area contributed by atoms with Gasteiger partial charge in [-0.15, -0.1) is 0 Å². The number of ether oxygens (including phenoxy) is 1. The number of hydrogen-bond acceptors (Lipinski definition) is 4. The molecular weight excluding hydrogens is 254 g/mol. The minimum atomic E-state index is -3.36. The Morgan fingerprint density at radius 1 is 1.44 bits per heavy atom. The van der Waals surface area contributed by atoms with E-state index in [4.69, 9.17) is 4.74 Å². The quantitative estimate of drug-likeness (QED) is 0.580. The largest absolute Gasteiger partial charge is 0.377 e. The van der Waals surface area contributed by atoms with E-state index in [9.17, 15) is 8.42 Å². The first-order valence-corrected chi connectivity index (χ1v) is 8.03. The number of nitrogens with one attached hydrogen (secondary N) is 2. The normalized spacial score (nSPS) is 20.7. The fourth-order valence-corrected chi connectivity index (χ4v) is 2.82. The summed E-state index contributed by atoms with van der Waals surface area (Å²) in [6, 6.07) is 0. The van der Waals surface area contributed by atoms with Gasteiger partial charge in [-0.2, -0.15) is 17.4 Å². The predicted molar refractivity (Wildman–Crippen MR) is 71.7 cm³/mol. The van der Waals surface area contributed by atoms with Crippen molar-refractivity contribution in [2.24, 2.45) is 0 Å². The number of rotatable bonds is 9. The minimum absolute atomic E-state index is 0.0370. The molecule has 2 N–H and O–H groups in total. The van der Waals surface area contributed by atoms with Crippen LogP contribution in [0.4, 0.5) is 0 Å². The Bertz CT molecular complexity index is 315. The van der Waals surface area contributed by atoms with Crippen molar-refractivity contribution in [1.29, 1.82) is 0 Å². The van der Waals surface area contributed by atoms with Crippen LogP contribution in [0.2, 0.25) is 0 Å². The van der Waals surface area contributed by atoms with Crippen molar-refractivity contribution < 1.29 is 13.2 Å². The van der Waals surface area contributed by atoms with Gasteiger partial charge in [-0.3, -0.25) is 0 Å². The summed E-state index contributed by atoms with van der Waals surface area (Å²) >= 11 is 0. The van der Waals surface area contributed by atoms with Gasteiger partial charge < -0.3 is 10.1 Å². The zero-order chi connectivity index (χ0) is 13.4. The Balaban J connectivity index is 2.23. The molecule has 0 aromatic carbocycles. The van der Waals surface area contributed by atoms with Crippen LogP contribution in [0.5, 0.6) is 0 Å². The maximum atomic E-state index is 11.9. The van der Waals surface area contributed by atoms with E-state index in [1.807, 2.05) is 6.92 Å². The van der Waals surface area contributed by atoms with Gasteiger partial charge in [-0.1, -0.05) is 6.92 Å². The lowest BCUT2D eigenvalue weighted by Gasteiger charge is -2.19. The van der Waals surface area contributed by atoms with E-state index in [2.05, 4.69) is 10.0 Å². The lowest BCUT2D eigenvalue weighted by Crippen LogP contribution is -2.42. The van der Waals surface area contributed by atoms with Crippen molar-refractivity contribution in [2.45, 2.75) is 32.3 Å². The summed E-state index contributed by atoms with van der Waals surface area (Å²) in [5, 5.41) is 3.17. The standard InChI is InChI=1S/C11H25N3O3S/c1-3-12-7-5-8-14(2)18(15,16)13-10-11-6-4-9-17-11/h11-13H,3-10H2,1-2H3. The van der Waals surface area contributed by atoms with Crippen molar-refractivity contribution in [3.8, 4) is 0 Å². The molecular formula is C11H25N3O3S. The third-order valence-electron chi connectivity index (χ3n) is 3.00. The van der Waals surface area contributed by atoms with Crippen LogP contribution in [0.1, 0.15) is 26.2 Å². The van der Waals surface area contributed by atoms with Gasteiger partial charge in [0.25, 0.3) is 10.2 Å². The van der Waals surface area contributed by atoms with E-state index < -0.39 is 10.2 Å². The molecule has 1 fully saturated rings. The Labute approximate surface area is 110 Å². The molecule has 0 saturated carbocycles. The van der Waals surface area contributed by atoms with Crippen molar-refractivity contribution >= 4 is 10.2 Å². The van der Waals surface area contributed by atoms with E-state index in [0.29, 0.717) is 13.1 Å². The van der Waals surface area contributed by atoms with Crippen LogP contribution >= 0.6 is 0 Å². The molecule has 0 aromatic heterocycles. The van der Waals surface area contributed by atoms with E-state index in [-0.39, 0.29) is 6.10 Å². The molecule has 0 radical (unpaired) electrons. The Kier molecular flexibility index (Phi) is 7.10. The van der Waals surface area contributed by atoms with Crippen LogP contribution in [0, 0.1) is 0 Å². The highest BCUT2D eigenvalue weighted by Gasteiger charge is 2.21. The molecule has 1 unspecified atom stereocenters. The van der Waals surface area contributed by atoms with Gasteiger partial charge in [-0.05, 0) is 32.4 Å².